The van der Waals surface area contributed by atoms with Gasteiger partial charge in [0, 0.05) is 5.69 Å². The van der Waals surface area contributed by atoms with E-state index in [4.69, 9.17) is 16.7 Å². The van der Waals surface area contributed by atoms with Crippen molar-refractivity contribution < 1.29 is 13.2 Å². The van der Waals surface area contributed by atoms with E-state index >= 15 is 0 Å². The molecule has 1 aromatic carbocycles. The molecule has 1 rings (SSSR count). The van der Waals surface area contributed by atoms with E-state index in [0.29, 0.717) is 5.69 Å². The maximum absolute atomic E-state index is 12.0. The highest BCUT2D eigenvalue weighted by atomic mass is 32.2. The largest absolute Gasteiger partial charge is 0.399 e. The van der Waals surface area contributed by atoms with Crippen molar-refractivity contribution in [2.75, 3.05) is 5.73 Å². The van der Waals surface area contributed by atoms with E-state index in [1.165, 1.54) is 30.3 Å². The van der Waals surface area contributed by atoms with Crippen LogP contribution in [0.2, 0.25) is 0 Å². The first-order chi connectivity index (χ1) is 7.75. The number of carbonyl (C=O) groups is 1. The molecule has 0 aliphatic carbocycles. The van der Waals surface area contributed by atoms with Crippen LogP contribution in [0.1, 0.15) is 6.92 Å². The first-order valence-electron chi connectivity index (χ1n) is 4.57. The number of sulfone groups is 1. The Balaban J connectivity index is 3.44. The number of carbonyl (C=O) groups excluding carboxylic acids is 1. The van der Waals surface area contributed by atoms with Crippen LogP contribution < -0.4 is 11.5 Å². The number of hydrogen-bond donors (Lipinski definition) is 2. The zero-order chi connectivity index (χ0) is 13.3. The van der Waals surface area contributed by atoms with Gasteiger partial charge in [0.15, 0.2) is 5.78 Å². The molecule has 90 valence electrons. The van der Waals surface area contributed by atoms with Crippen LogP contribution in [0.25, 0.3) is 0 Å². The molecule has 0 aliphatic heterocycles. The fraction of sp³-hybridized carbons (Fsp3) is 0.200. The highest BCUT2D eigenvalue weighted by Gasteiger charge is 2.46. The maximum Gasteiger partial charge on any atom is 0.268 e. The maximum atomic E-state index is 12.0. The number of Topliss-reactive ketones (excluding diaryl/α,β-unsaturated/α-hetero) is 1. The Morgan fingerprint density at radius 2 is 1.82 bits per heavy atom. The Labute approximate surface area is 98.8 Å². The van der Waals surface area contributed by atoms with Gasteiger partial charge in [0.05, 0.1) is 4.90 Å². The average Bonchev–Trinajstić information content (AvgIpc) is 2.28. The Bertz CT molecular complexity index is 586. The van der Waals surface area contributed by atoms with Crippen molar-refractivity contribution in [3.05, 3.63) is 24.3 Å². The first-order valence-corrected chi connectivity index (χ1v) is 6.05. The summed E-state index contributed by atoms with van der Waals surface area (Å²) in [6.45, 7) is 0.956. The van der Waals surface area contributed by atoms with Crippen LogP contribution in [0.3, 0.4) is 0 Å². The van der Waals surface area contributed by atoms with Gasteiger partial charge >= 0.3 is 0 Å². The van der Waals surface area contributed by atoms with Crippen LogP contribution in [0.5, 0.6) is 0 Å². The van der Waals surface area contributed by atoms with Gasteiger partial charge in [-0.2, -0.15) is 5.26 Å². The van der Waals surface area contributed by atoms with Crippen LogP contribution in [0.4, 0.5) is 5.69 Å². The van der Waals surface area contributed by atoms with Crippen LogP contribution in [0, 0.1) is 11.3 Å². The average molecular weight is 253 g/mol. The molecule has 7 heteroatoms. The summed E-state index contributed by atoms with van der Waals surface area (Å²) < 4.78 is 24.1. The van der Waals surface area contributed by atoms with E-state index in [0.717, 1.165) is 6.92 Å². The molecule has 0 heterocycles. The van der Waals surface area contributed by atoms with Gasteiger partial charge in [-0.15, -0.1) is 0 Å². The predicted molar refractivity (Wildman–Crippen MR) is 61.3 cm³/mol. The molecule has 0 amide bonds. The van der Waals surface area contributed by atoms with Crippen LogP contribution >= 0.6 is 0 Å². The lowest BCUT2D eigenvalue weighted by Gasteiger charge is -2.18. The molecule has 0 saturated carbocycles. The molecule has 1 aromatic rings. The molecule has 0 aromatic heterocycles. The Morgan fingerprint density at radius 3 is 2.18 bits per heavy atom. The number of hydrogen-bond acceptors (Lipinski definition) is 6. The molecular weight excluding hydrogens is 242 g/mol. The Kier molecular flexibility index (Phi) is 3.22. The van der Waals surface area contributed by atoms with Gasteiger partial charge in [0.2, 0.25) is 9.84 Å². The molecule has 6 nitrogen and oxygen atoms in total. The predicted octanol–water partition coefficient (Wildman–Crippen LogP) is -0.190. The van der Waals surface area contributed by atoms with E-state index in [1.807, 2.05) is 0 Å². The highest BCUT2D eigenvalue weighted by molar-refractivity contribution is 7.93. The molecule has 0 fully saturated rings. The fourth-order valence-electron chi connectivity index (χ4n) is 1.16. The summed E-state index contributed by atoms with van der Waals surface area (Å²) in [5.41, 5.74) is 11.1. The van der Waals surface area contributed by atoms with Crippen LogP contribution in [0.15, 0.2) is 29.2 Å². The second-order valence-corrected chi connectivity index (χ2v) is 5.60. The molecule has 17 heavy (non-hydrogen) atoms. The Morgan fingerprint density at radius 1 is 1.35 bits per heavy atom. The molecule has 0 radical (unpaired) electrons. The minimum Gasteiger partial charge on any atom is -0.399 e. The second-order valence-electron chi connectivity index (χ2n) is 3.48. The number of nitrogen functional groups attached to an aromatic ring is 1. The van der Waals surface area contributed by atoms with Crippen molar-refractivity contribution in [2.24, 2.45) is 5.73 Å². The summed E-state index contributed by atoms with van der Waals surface area (Å²) >= 11 is 0. The number of nitriles is 1. The third kappa shape index (κ3) is 2.00. The van der Waals surface area contributed by atoms with Gasteiger partial charge in [-0.3, -0.25) is 10.5 Å². The summed E-state index contributed by atoms with van der Waals surface area (Å²) in [5.74, 6) is -0.933. The van der Waals surface area contributed by atoms with E-state index in [1.54, 1.807) is 0 Å². The smallest absolute Gasteiger partial charge is 0.268 e. The number of anilines is 1. The van der Waals surface area contributed by atoms with Crippen molar-refractivity contribution in [1.82, 2.24) is 0 Å². The van der Waals surface area contributed by atoms with Crippen LogP contribution in [-0.4, -0.2) is 19.1 Å². The monoisotopic (exact) mass is 253 g/mol. The van der Waals surface area contributed by atoms with Gasteiger partial charge in [0.1, 0.15) is 6.07 Å². The lowest BCUT2D eigenvalue weighted by molar-refractivity contribution is -0.118. The third-order valence-electron chi connectivity index (χ3n) is 2.30. The van der Waals surface area contributed by atoms with Crippen molar-refractivity contribution >= 4 is 21.3 Å². The number of rotatable bonds is 3. The van der Waals surface area contributed by atoms with Gasteiger partial charge in [-0.05, 0) is 31.2 Å². The Hall–Kier alpha value is -1.91. The van der Waals surface area contributed by atoms with Gasteiger partial charge in [-0.1, -0.05) is 0 Å². The summed E-state index contributed by atoms with van der Waals surface area (Å²) in [4.78, 5) is 8.45. The zero-order valence-corrected chi connectivity index (χ0v) is 9.86. The molecule has 1 unspecified atom stereocenters. The van der Waals surface area contributed by atoms with E-state index < -0.39 is 20.5 Å². The molecule has 0 bridgehead atoms. The molecule has 0 aliphatic rings. The topological polar surface area (TPSA) is 127 Å². The molecule has 0 saturated heterocycles. The van der Waals surface area contributed by atoms with Gasteiger partial charge in [-0.25, -0.2) is 8.42 Å². The minimum absolute atomic E-state index is 0.217. The van der Waals surface area contributed by atoms with Gasteiger partial charge in [0.25, 0.3) is 4.87 Å². The highest BCUT2D eigenvalue weighted by Crippen LogP contribution is 2.22. The van der Waals surface area contributed by atoms with Crippen molar-refractivity contribution in [3.8, 4) is 6.07 Å². The van der Waals surface area contributed by atoms with Gasteiger partial charge < -0.3 is 5.73 Å². The van der Waals surface area contributed by atoms with Crippen molar-refractivity contribution in [2.45, 2.75) is 16.7 Å². The van der Waals surface area contributed by atoms with Crippen molar-refractivity contribution in [1.29, 1.82) is 5.26 Å². The molecule has 1 atom stereocenters. The standard InChI is InChI=1S/C10H11N3O3S/c1-7(14)10(13,6-11)17(15,16)9-4-2-8(12)3-5-9/h2-5H,12-13H2,1H3. The number of nitrogens with two attached hydrogens (primary N) is 2. The first kappa shape index (κ1) is 13.2. The normalized spacial score (nSPS) is 14.6. The van der Waals surface area contributed by atoms with E-state index in [-0.39, 0.29) is 4.90 Å². The van der Waals surface area contributed by atoms with E-state index in [9.17, 15) is 13.2 Å². The fourth-order valence-corrected chi connectivity index (χ4v) is 2.53. The summed E-state index contributed by atoms with van der Waals surface area (Å²) in [7, 11) is -4.26. The summed E-state index contributed by atoms with van der Waals surface area (Å²) in [5, 5.41) is 8.81. The van der Waals surface area contributed by atoms with E-state index in [2.05, 4.69) is 0 Å². The SMILES string of the molecule is CC(=O)C(N)(C#N)S(=O)(=O)c1ccc(N)cc1. The quantitative estimate of drug-likeness (QED) is 0.719. The zero-order valence-electron chi connectivity index (χ0n) is 9.04. The van der Waals surface area contributed by atoms with Crippen molar-refractivity contribution in [3.63, 3.8) is 0 Å². The lowest BCUT2D eigenvalue weighted by atomic mass is 10.2. The summed E-state index contributed by atoms with van der Waals surface area (Å²) in [6.07, 6.45) is 0. The second kappa shape index (κ2) is 4.16. The molecule has 0 spiro atoms. The third-order valence-corrected chi connectivity index (χ3v) is 4.42. The number of nitrogens with zero attached hydrogens (tertiary/aromatic N) is 1. The minimum atomic E-state index is -4.26. The summed E-state index contributed by atoms with van der Waals surface area (Å²) in [6, 6.07) is 6.45. The lowest BCUT2D eigenvalue weighted by Crippen LogP contribution is -2.52. The molecule has 4 N–H and O–H groups in total. The molecular formula is C10H11N3O3S. The van der Waals surface area contributed by atoms with Crippen LogP contribution in [-0.2, 0) is 14.6 Å². The number of ketones is 1. The number of benzene rings is 1.